The van der Waals surface area contributed by atoms with Crippen LogP contribution in [0.25, 0.3) is 0 Å². The molecule has 2 rings (SSSR count). The summed E-state index contributed by atoms with van der Waals surface area (Å²) in [4.78, 5) is 0. The molecule has 0 amide bonds. The van der Waals surface area contributed by atoms with E-state index in [4.69, 9.17) is 23.2 Å². The Hall–Kier alpha value is -0.720. The molecule has 2 heteroatoms. The van der Waals surface area contributed by atoms with Gasteiger partial charge >= 0.3 is 0 Å². The first kappa shape index (κ1) is 9.82. The van der Waals surface area contributed by atoms with E-state index in [9.17, 15) is 0 Å². The molecule has 1 atom stereocenters. The van der Waals surface area contributed by atoms with Gasteiger partial charge < -0.3 is 0 Å². The van der Waals surface area contributed by atoms with E-state index in [2.05, 4.69) is 24.3 Å². The first-order chi connectivity index (χ1) is 6.77. The molecule has 0 saturated heterocycles. The summed E-state index contributed by atoms with van der Waals surface area (Å²) in [5.41, 5.74) is 1.22. The summed E-state index contributed by atoms with van der Waals surface area (Å²) in [5, 5.41) is 1.25. The second-order valence-electron chi connectivity index (χ2n) is 3.33. The van der Waals surface area contributed by atoms with Crippen LogP contribution in [0.3, 0.4) is 0 Å². The Bertz CT molecular complexity index is 391. The van der Waals surface area contributed by atoms with Crippen LogP contribution in [0, 0.1) is 0 Å². The molecular weight excluding hydrogens is 215 g/mol. The molecule has 1 aromatic rings. The highest BCUT2D eigenvalue weighted by Crippen LogP contribution is 2.30. The highest BCUT2D eigenvalue weighted by atomic mass is 35.5. The third kappa shape index (κ3) is 2.02. The summed E-state index contributed by atoms with van der Waals surface area (Å²) in [5.74, 6) is 0.440. The van der Waals surface area contributed by atoms with Crippen LogP contribution in [0.4, 0.5) is 0 Å². The zero-order chi connectivity index (χ0) is 9.97. The van der Waals surface area contributed by atoms with Crippen molar-refractivity contribution >= 4 is 23.2 Å². The quantitative estimate of drug-likeness (QED) is 0.655. The third-order valence-corrected chi connectivity index (χ3v) is 3.09. The second kappa shape index (κ2) is 4.20. The van der Waals surface area contributed by atoms with Crippen LogP contribution < -0.4 is 0 Å². The van der Waals surface area contributed by atoms with Gasteiger partial charge in [-0.2, -0.15) is 0 Å². The van der Waals surface area contributed by atoms with Crippen LogP contribution in [-0.2, 0) is 0 Å². The van der Waals surface area contributed by atoms with Gasteiger partial charge in [0, 0.05) is 5.92 Å². The van der Waals surface area contributed by atoms with E-state index >= 15 is 0 Å². The lowest BCUT2D eigenvalue weighted by Gasteiger charge is -2.13. The Kier molecular flexibility index (Phi) is 2.95. The van der Waals surface area contributed by atoms with Crippen LogP contribution in [0.5, 0.6) is 0 Å². The Morgan fingerprint density at radius 1 is 1.07 bits per heavy atom. The number of hydrogen-bond acceptors (Lipinski definition) is 0. The molecular formula is C12H10Cl2. The minimum absolute atomic E-state index is 0.440. The van der Waals surface area contributed by atoms with Gasteiger partial charge in [-0.15, -0.1) is 0 Å². The topological polar surface area (TPSA) is 0 Å². The predicted molar refractivity (Wildman–Crippen MR) is 62.1 cm³/mol. The summed E-state index contributed by atoms with van der Waals surface area (Å²) in [6, 6.07) is 5.83. The minimum atomic E-state index is 0.440. The SMILES string of the molecule is Clc1ccc([C@H]2C=CC=CC2)cc1Cl. The third-order valence-electron chi connectivity index (χ3n) is 2.35. The molecule has 0 spiro atoms. The molecule has 0 heterocycles. The average molecular weight is 225 g/mol. The normalized spacial score (nSPS) is 20.0. The number of hydrogen-bond donors (Lipinski definition) is 0. The van der Waals surface area contributed by atoms with Crippen LogP contribution in [0.1, 0.15) is 17.9 Å². The fourth-order valence-corrected chi connectivity index (χ4v) is 1.88. The van der Waals surface area contributed by atoms with E-state index in [1.54, 1.807) is 0 Å². The van der Waals surface area contributed by atoms with Gasteiger partial charge in [-0.25, -0.2) is 0 Å². The zero-order valence-corrected chi connectivity index (χ0v) is 9.09. The van der Waals surface area contributed by atoms with Crippen molar-refractivity contribution in [2.75, 3.05) is 0 Å². The maximum absolute atomic E-state index is 5.96. The minimum Gasteiger partial charge on any atom is -0.0836 e. The Morgan fingerprint density at radius 2 is 1.93 bits per heavy atom. The summed E-state index contributed by atoms with van der Waals surface area (Å²) in [6.45, 7) is 0. The van der Waals surface area contributed by atoms with Gasteiger partial charge in [0.25, 0.3) is 0 Å². The van der Waals surface area contributed by atoms with Crippen molar-refractivity contribution in [1.82, 2.24) is 0 Å². The molecule has 0 radical (unpaired) electrons. The Labute approximate surface area is 93.8 Å². The molecule has 0 N–H and O–H groups in total. The van der Waals surface area contributed by atoms with Gasteiger partial charge in [-0.1, -0.05) is 53.6 Å². The number of rotatable bonds is 1. The number of halogens is 2. The van der Waals surface area contributed by atoms with E-state index < -0.39 is 0 Å². The summed E-state index contributed by atoms with van der Waals surface area (Å²) in [7, 11) is 0. The van der Waals surface area contributed by atoms with Crippen molar-refractivity contribution in [3.63, 3.8) is 0 Å². The smallest absolute Gasteiger partial charge is 0.0595 e. The van der Waals surface area contributed by atoms with E-state index in [0.717, 1.165) is 6.42 Å². The van der Waals surface area contributed by atoms with Crippen LogP contribution in [0.2, 0.25) is 10.0 Å². The molecule has 0 unspecified atom stereocenters. The summed E-state index contributed by atoms with van der Waals surface area (Å²) >= 11 is 11.8. The molecule has 1 aliphatic carbocycles. The van der Waals surface area contributed by atoms with Gasteiger partial charge in [0.1, 0.15) is 0 Å². The summed E-state index contributed by atoms with van der Waals surface area (Å²) < 4.78 is 0. The lowest BCUT2D eigenvalue weighted by Crippen LogP contribution is -1.95. The van der Waals surface area contributed by atoms with Gasteiger partial charge in [0.2, 0.25) is 0 Å². The fraction of sp³-hybridized carbons (Fsp3) is 0.167. The standard InChI is InChI=1S/C12H10Cl2/c13-11-7-6-10(8-12(11)14)9-4-2-1-3-5-9/h1-4,6-9H,5H2/t9-/m0/s1. The lowest BCUT2D eigenvalue weighted by atomic mass is 9.93. The van der Waals surface area contributed by atoms with E-state index in [1.807, 2.05) is 18.2 Å². The van der Waals surface area contributed by atoms with Gasteiger partial charge in [0.15, 0.2) is 0 Å². The highest BCUT2D eigenvalue weighted by molar-refractivity contribution is 6.42. The lowest BCUT2D eigenvalue weighted by molar-refractivity contribution is 0.854. The van der Waals surface area contributed by atoms with Crippen molar-refractivity contribution < 1.29 is 0 Å². The number of allylic oxidation sites excluding steroid dienone is 4. The Morgan fingerprint density at radius 3 is 2.57 bits per heavy atom. The summed E-state index contributed by atoms with van der Waals surface area (Å²) in [6.07, 6.45) is 9.51. The molecule has 0 aliphatic heterocycles. The van der Waals surface area contributed by atoms with Crippen LogP contribution in [0.15, 0.2) is 42.5 Å². The van der Waals surface area contributed by atoms with Gasteiger partial charge in [-0.3, -0.25) is 0 Å². The predicted octanol–water partition coefficient (Wildman–Crippen LogP) is 4.59. The average Bonchev–Trinajstić information content (AvgIpc) is 2.23. The zero-order valence-electron chi connectivity index (χ0n) is 7.58. The van der Waals surface area contributed by atoms with Crippen molar-refractivity contribution in [2.24, 2.45) is 0 Å². The number of benzene rings is 1. The maximum atomic E-state index is 5.96. The first-order valence-electron chi connectivity index (χ1n) is 4.55. The largest absolute Gasteiger partial charge is 0.0836 e. The molecule has 0 saturated carbocycles. The van der Waals surface area contributed by atoms with Crippen molar-refractivity contribution in [3.8, 4) is 0 Å². The monoisotopic (exact) mass is 224 g/mol. The van der Waals surface area contributed by atoms with Crippen LogP contribution >= 0.6 is 23.2 Å². The molecule has 14 heavy (non-hydrogen) atoms. The van der Waals surface area contributed by atoms with E-state index in [-0.39, 0.29) is 0 Å². The molecule has 1 aromatic carbocycles. The highest BCUT2D eigenvalue weighted by Gasteiger charge is 2.09. The second-order valence-corrected chi connectivity index (χ2v) is 4.14. The van der Waals surface area contributed by atoms with Gasteiger partial charge in [0.05, 0.1) is 10.0 Å². The molecule has 72 valence electrons. The molecule has 0 nitrogen and oxygen atoms in total. The fourth-order valence-electron chi connectivity index (χ4n) is 1.57. The van der Waals surface area contributed by atoms with Crippen molar-refractivity contribution in [1.29, 1.82) is 0 Å². The Balaban J connectivity index is 2.28. The first-order valence-corrected chi connectivity index (χ1v) is 5.31. The molecule has 0 fully saturated rings. The molecule has 0 bridgehead atoms. The van der Waals surface area contributed by atoms with Crippen molar-refractivity contribution in [2.45, 2.75) is 12.3 Å². The van der Waals surface area contributed by atoms with Crippen LogP contribution in [-0.4, -0.2) is 0 Å². The van der Waals surface area contributed by atoms with E-state index in [1.165, 1.54) is 5.56 Å². The van der Waals surface area contributed by atoms with Gasteiger partial charge in [-0.05, 0) is 24.1 Å². The van der Waals surface area contributed by atoms with E-state index in [0.29, 0.717) is 16.0 Å². The molecule has 0 aromatic heterocycles. The molecule has 1 aliphatic rings. The maximum Gasteiger partial charge on any atom is 0.0595 e. The van der Waals surface area contributed by atoms with Crippen molar-refractivity contribution in [3.05, 3.63) is 58.1 Å².